The highest BCUT2D eigenvalue weighted by Gasteiger charge is 2.44. The molecule has 1 fully saturated rings. The fraction of sp³-hybridized carbons (Fsp3) is 0.273. The van der Waals surface area contributed by atoms with Crippen LogP contribution in [0.2, 0.25) is 0 Å². The molecular formula is C22H21N3O4. The third-order valence-electron chi connectivity index (χ3n) is 5.74. The molecule has 7 heteroatoms. The number of benzene rings is 1. The first-order valence-corrected chi connectivity index (χ1v) is 9.49. The van der Waals surface area contributed by atoms with Gasteiger partial charge in [0.05, 0.1) is 5.41 Å². The maximum absolute atomic E-state index is 13.0. The average Bonchev–Trinajstić information content (AvgIpc) is 2.74. The fourth-order valence-corrected chi connectivity index (χ4v) is 3.97. The largest absolute Gasteiger partial charge is 0.481 e. The smallest absolute Gasteiger partial charge is 0.314 e. The summed E-state index contributed by atoms with van der Waals surface area (Å²) in [6.45, 7) is 2.42. The molecule has 3 aromatic rings. The highest BCUT2D eigenvalue weighted by molar-refractivity contribution is 5.94. The van der Waals surface area contributed by atoms with Gasteiger partial charge in [-0.1, -0.05) is 30.3 Å². The number of carboxylic acids is 1. The van der Waals surface area contributed by atoms with Crippen molar-refractivity contribution in [3.63, 3.8) is 0 Å². The van der Waals surface area contributed by atoms with Gasteiger partial charge >= 0.3 is 5.97 Å². The molecule has 148 valence electrons. The Balaban J connectivity index is 1.60. The first kappa shape index (κ1) is 18.9. The van der Waals surface area contributed by atoms with Gasteiger partial charge in [0, 0.05) is 25.5 Å². The van der Waals surface area contributed by atoms with Gasteiger partial charge in [0.25, 0.3) is 11.5 Å². The van der Waals surface area contributed by atoms with E-state index in [1.54, 1.807) is 23.2 Å². The number of pyridine rings is 1. The summed E-state index contributed by atoms with van der Waals surface area (Å²) in [6, 6.07) is 12.7. The number of carbonyl (C=O) groups excluding carboxylic acids is 1. The Morgan fingerprint density at radius 2 is 1.79 bits per heavy atom. The van der Waals surface area contributed by atoms with Crippen LogP contribution in [0.5, 0.6) is 0 Å². The molecule has 0 saturated carbocycles. The first-order chi connectivity index (χ1) is 13.9. The second-order valence-corrected chi connectivity index (χ2v) is 7.45. The highest BCUT2D eigenvalue weighted by atomic mass is 16.4. The molecule has 1 aliphatic heterocycles. The lowest BCUT2D eigenvalue weighted by molar-refractivity contribution is -0.145. The van der Waals surface area contributed by atoms with Crippen molar-refractivity contribution in [3.05, 3.63) is 81.9 Å². The van der Waals surface area contributed by atoms with Gasteiger partial charge in [-0.05, 0) is 43.0 Å². The van der Waals surface area contributed by atoms with Gasteiger partial charge < -0.3 is 10.0 Å². The Morgan fingerprint density at radius 3 is 2.45 bits per heavy atom. The maximum atomic E-state index is 13.0. The van der Waals surface area contributed by atoms with Crippen LogP contribution in [0.4, 0.5) is 0 Å². The molecule has 1 aliphatic rings. The number of aromatic nitrogens is 2. The minimum atomic E-state index is -1.02. The zero-order valence-electron chi connectivity index (χ0n) is 16.0. The molecular weight excluding hydrogens is 370 g/mol. The number of hydrogen-bond acceptors (Lipinski definition) is 4. The summed E-state index contributed by atoms with van der Waals surface area (Å²) < 4.78 is 1.36. The second-order valence-electron chi connectivity index (χ2n) is 7.45. The lowest BCUT2D eigenvalue weighted by Crippen LogP contribution is -2.49. The predicted octanol–water partition coefficient (Wildman–Crippen LogP) is 2.26. The quantitative estimate of drug-likeness (QED) is 0.739. The van der Waals surface area contributed by atoms with Crippen molar-refractivity contribution >= 4 is 17.5 Å². The minimum Gasteiger partial charge on any atom is -0.481 e. The number of carbonyl (C=O) groups is 2. The summed E-state index contributed by atoms with van der Waals surface area (Å²) in [5.41, 5.74) is 0.748. The molecule has 0 bridgehead atoms. The van der Waals surface area contributed by atoms with Crippen LogP contribution in [0.3, 0.4) is 0 Å². The Morgan fingerprint density at radius 1 is 1.10 bits per heavy atom. The molecule has 1 aromatic carbocycles. The molecule has 2 aromatic heterocycles. The zero-order chi connectivity index (χ0) is 20.6. The molecule has 4 rings (SSSR count). The van der Waals surface area contributed by atoms with Crippen molar-refractivity contribution in [3.8, 4) is 0 Å². The van der Waals surface area contributed by atoms with Gasteiger partial charge in [-0.25, -0.2) is 4.98 Å². The van der Waals surface area contributed by atoms with Crippen molar-refractivity contribution in [2.45, 2.75) is 25.2 Å². The summed E-state index contributed by atoms with van der Waals surface area (Å²) in [5, 5.41) is 9.90. The highest BCUT2D eigenvalue weighted by Crippen LogP contribution is 2.36. The van der Waals surface area contributed by atoms with Crippen molar-refractivity contribution < 1.29 is 14.7 Å². The summed E-state index contributed by atoms with van der Waals surface area (Å²) in [7, 11) is 0. The van der Waals surface area contributed by atoms with Crippen LogP contribution in [0.1, 0.15) is 34.3 Å². The van der Waals surface area contributed by atoms with Crippen molar-refractivity contribution in [2.24, 2.45) is 0 Å². The number of amides is 1. The van der Waals surface area contributed by atoms with Crippen molar-refractivity contribution in [1.29, 1.82) is 0 Å². The summed E-state index contributed by atoms with van der Waals surface area (Å²) in [6.07, 6.45) is 3.51. The number of carboxylic acid groups (broad SMARTS) is 1. The number of likely N-dealkylation sites (tertiary alicyclic amines) is 1. The van der Waals surface area contributed by atoms with Gasteiger partial charge in [0.2, 0.25) is 0 Å². The van der Waals surface area contributed by atoms with E-state index >= 15 is 0 Å². The van der Waals surface area contributed by atoms with Gasteiger partial charge in [-0.2, -0.15) is 0 Å². The number of piperidine rings is 1. The van der Waals surface area contributed by atoms with E-state index in [-0.39, 0.29) is 18.7 Å². The number of nitrogens with zero attached hydrogens (tertiary/aromatic N) is 3. The van der Waals surface area contributed by atoms with Crippen LogP contribution in [-0.2, 0) is 10.2 Å². The summed E-state index contributed by atoms with van der Waals surface area (Å²) in [4.78, 5) is 43.6. The third kappa shape index (κ3) is 3.18. The Hall–Kier alpha value is -3.48. The van der Waals surface area contributed by atoms with E-state index in [1.165, 1.54) is 10.6 Å². The maximum Gasteiger partial charge on any atom is 0.314 e. The minimum absolute atomic E-state index is 0.00566. The number of aliphatic carboxylic acids is 1. The summed E-state index contributed by atoms with van der Waals surface area (Å²) >= 11 is 0. The molecule has 0 spiro atoms. The van der Waals surface area contributed by atoms with Gasteiger partial charge in [0.15, 0.2) is 0 Å². The molecule has 0 aliphatic carbocycles. The topological polar surface area (TPSA) is 92.0 Å². The lowest BCUT2D eigenvalue weighted by atomic mass is 9.73. The van der Waals surface area contributed by atoms with E-state index in [9.17, 15) is 19.5 Å². The van der Waals surface area contributed by atoms with Crippen molar-refractivity contribution in [1.82, 2.24) is 14.3 Å². The molecule has 29 heavy (non-hydrogen) atoms. The van der Waals surface area contributed by atoms with E-state index in [2.05, 4.69) is 4.98 Å². The monoisotopic (exact) mass is 391 g/mol. The molecule has 7 nitrogen and oxygen atoms in total. The van der Waals surface area contributed by atoms with Crippen LogP contribution in [0.25, 0.3) is 5.65 Å². The van der Waals surface area contributed by atoms with Crippen LogP contribution in [-0.4, -0.2) is 44.4 Å². The molecule has 1 N–H and O–H groups in total. The van der Waals surface area contributed by atoms with E-state index in [4.69, 9.17) is 0 Å². The Labute approximate surface area is 167 Å². The fourth-order valence-electron chi connectivity index (χ4n) is 3.97. The van der Waals surface area contributed by atoms with Crippen LogP contribution >= 0.6 is 0 Å². The van der Waals surface area contributed by atoms with Crippen LogP contribution in [0, 0.1) is 6.92 Å². The standard InChI is InChI=1S/C22H21N3O4/c1-15-7-10-25-18(13-15)23-14-17(20(25)27)19(26)24-11-8-22(9-12-24,21(28)29)16-5-3-2-4-6-16/h2-7,10,13-14H,8-9,11-12H2,1H3,(H,28,29). The lowest BCUT2D eigenvalue weighted by Gasteiger charge is -2.39. The molecule has 1 saturated heterocycles. The number of aryl methyl sites for hydroxylation is 1. The van der Waals surface area contributed by atoms with E-state index in [0.29, 0.717) is 18.5 Å². The van der Waals surface area contributed by atoms with Crippen LogP contribution in [0.15, 0.2) is 59.7 Å². The van der Waals surface area contributed by atoms with Crippen molar-refractivity contribution in [2.75, 3.05) is 13.1 Å². The molecule has 0 radical (unpaired) electrons. The molecule has 1 amide bonds. The molecule has 0 atom stereocenters. The third-order valence-corrected chi connectivity index (χ3v) is 5.74. The molecule has 0 unspecified atom stereocenters. The average molecular weight is 391 g/mol. The Kier molecular flexibility index (Phi) is 4.66. The number of hydrogen-bond donors (Lipinski definition) is 1. The van der Waals surface area contributed by atoms with Crippen LogP contribution < -0.4 is 5.56 Å². The van der Waals surface area contributed by atoms with E-state index < -0.39 is 22.9 Å². The SMILES string of the molecule is Cc1ccn2c(=O)c(C(=O)N3CCC(C(=O)O)(c4ccccc4)CC3)cnc2c1. The van der Waals surface area contributed by atoms with Gasteiger partial charge in [0.1, 0.15) is 11.2 Å². The van der Waals surface area contributed by atoms with Gasteiger partial charge in [-0.3, -0.25) is 18.8 Å². The van der Waals surface area contributed by atoms with E-state index in [0.717, 1.165) is 11.1 Å². The molecule has 3 heterocycles. The summed E-state index contributed by atoms with van der Waals surface area (Å²) in [5.74, 6) is -1.30. The predicted molar refractivity (Wildman–Crippen MR) is 107 cm³/mol. The normalized spacial score (nSPS) is 16.0. The van der Waals surface area contributed by atoms with E-state index in [1.807, 2.05) is 37.3 Å². The number of rotatable bonds is 3. The Bertz CT molecular complexity index is 1150. The number of fused-ring (bicyclic) bond motifs is 1. The second kappa shape index (κ2) is 7.16. The van der Waals surface area contributed by atoms with Gasteiger partial charge in [-0.15, -0.1) is 0 Å². The first-order valence-electron chi connectivity index (χ1n) is 9.49. The zero-order valence-corrected chi connectivity index (χ0v) is 16.0.